The van der Waals surface area contributed by atoms with Gasteiger partial charge >= 0.3 is 6.03 Å². The van der Waals surface area contributed by atoms with E-state index in [4.69, 9.17) is 10.1 Å². The zero-order valence-corrected chi connectivity index (χ0v) is 21.1. The van der Waals surface area contributed by atoms with E-state index in [0.29, 0.717) is 6.54 Å². The van der Waals surface area contributed by atoms with Gasteiger partial charge in [0, 0.05) is 45.0 Å². The van der Waals surface area contributed by atoms with Gasteiger partial charge in [0.1, 0.15) is 5.82 Å². The highest BCUT2D eigenvalue weighted by Gasteiger charge is 2.28. The third-order valence-electron chi connectivity index (χ3n) is 6.92. The SMILES string of the molecule is CN(c1nccc(=O)n1C(=O)NCCO)C1CCN(c2nc3ccccc3n2Cc2ccc(F)cc2)CC1. The first-order chi connectivity index (χ1) is 18.5. The molecule has 2 aromatic heterocycles. The number of nitrogens with one attached hydrogen (secondary N) is 1. The van der Waals surface area contributed by atoms with Crippen LogP contribution in [0.25, 0.3) is 11.0 Å². The third-order valence-corrected chi connectivity index (χ3v) is 6.92. The molecule has 0 radical (unpaired) electrons. The summed E-state index contributed by atoms with van der Waals surface area (Å²) in [5, 5.41) is 11.6. The number of rotatable bonds is 7. The van der Waals surface area contributed by atoms with E-state index in [2.05, 4.69) is 19.8 Å². The van der Waals surface area contributed by atoms with E-state index in [9.17, 15) is 14.0 Å². The maximum absolute atomic E-state index is 13.5. The number of amides is 1. The number of aliphatic hydroxyl groups excluding tert-OH is 1. The van der Waals surface area contributed by atoms with Gasteiger partial charge in [-0.1, -0.05) is 24.3 Å². The highest BCUT2D eigenvalue weighted by Crippen LogP contribution is 2.28. The lowest BCUT2D eigenvalue weighted by Gasteiger charge is -2.38. The first-order valence-corrected chi connectivity index (χ1v) is 12.6. The second kappa shape index (κ2) is 11.0. The van der Waals surface area contributed by atoms with Crippen LogP contribution in [0.2, 0.25) is 0 Å². The molecule has 1 amide bonds. The van der Waals surface area contributed by atoms with Crippen molar-refractivity contribution in [2.45, 2.75) is 25.4 Å². The van der Waals surface area contributed by atoms with E-state index in [1.54, 1.807) is 12.1 Å². The van der Waals surface area contributed by atoms with Crippen LogP contribution in [0.1, 0.15) is 18.4 Å². The van der Waals surface area contributed by atoms with E-state index in [-0.39, 0.29) is 31.0 Å². The number of imidazole rings is 1. The lowest BCUT2D eigenvalue weighted by molar-refractivity contribution is 0.234. The van der Waals surface area contributed by atoms with Gasteiger partial charge in [-0.25, -0.2) is 19.2 Å². The minimum absolute atomic E-state index is 0.0423. The number of piperidine rings is 1. The summed E-state index contributed by atoms with van der Waals surface area (Å²) in [4.78, 5) is 38.5. The predicted octanol–water partition coefficient (Wildman–Crippen LogP) is 2.44. The monoisotopic (exact) mass is 519 g/mol. The summed E-state index contributed by atoms with van der Waals surface area (Å²) < 4.78 is 16.6. The normalized spacial score (nSPS) is 14.1. The second-order valence-corrected chi connectivity index (χ2v) is 9.32. The Morgan fingerprint density at radius 1 is 1.13 bits per heavy atom. The van der Waals surface area contributed by atoms with Crippen LogP contribution in [-0.4, -0.2) is 69.6 Å². The van der Waals surface area contributed by atoms with Crippen LogP contribution in [0.3, 0.4) is 0 Å². The smallest absolute Gasteiger partial charge is 0.331 e. The highest BCUT2D eigenvalue weighted by atomic mass is 19.1. The molecule has 1 fully saturated rings. The van der Waals surface area contributed by atoms with Crippen molar-refractivity contribution < 1.29 is 14.3 Å². The van der Waals surface area contributed by atoms with Crippen molar-refractivity contribution in [3.63, 3.8) is 0 Å². The molecule has 3 heterocycles. The molecule has 10 nitrogen and oxygen atoms in total. The van der Waals surface area contributed by atoms with Crippen molar-refractivity contribution in [2.24, 2.45) is 0 Å². The van der Waals surface area contributed by atoms with Crippen LogP contribution in [0.5, 0.6) is 0 Å². The standard InChI is InChI=1S/C27H30FN7O3/c1-32(25-29-13-10-24(37)35(25)27(38)30-14-17-36)21-11-15-33(16-12-21)26-31-22-4-2-3-5-23(22)34(26)18-19-6-8-20(28)9-7-19/h2-10,13,21,36H,11-12,14-18H2,1H3,(H,30,38). The summed E-state index contributed by atoms with van der Waals surface area (Å²) in [5.41, 5.74) is 2.41. The first kappa shape index (κ1) is 25.4. The fourth-order valence-electron chi connectivity index (χ4n) is 4.93. The van der Waals surface area contributed by atoms with Crippen LogP contribution in [0.15, 0.2) is 65.6 Å². The average molecular weight is 520 g/mol. The summed E-state index contributed by atoms with van der Waals surface area (Å²) >= 11 is 0. The lowest BCUT2D eigenvalue weighted by Crippen LogP contribution is -2.47. The summed E-state index contributed by atoms with van der Waals surface area (Å²) in [7, 11) is 1.84. The Balaban J connectivity index is 1.36. The topological polar surface area (TPSA) is 109 Å². The van der Waals surface area contributed by atoms with Crippen LogP contribution >= 0.6 is 0 Å². The highest BCUT2D eigenvalue weighted by molar-refractivity contribution is 5.80. The quantitative estimate of drug-likeness (QED) is 0.386. The van der Waals surface area contributed by atoms with Gasteiger partial charge in [0.2, 0.25) is 11.9 Å². The number of para-hydroxylation sites is 2. The number of hydrogen-bond acceptors (Lipinski definition) is 7. The van der Waals surface area contributed by atoms with E-state index in [1.165, 1.54) is 24.4 Å². The van der Waals surface area contributed by atoms with Crippen LogP contribution in [0, 0.1) is 5.82 Å². The number of carbonyl (C=O) groups excluding carboxylic acids is 1. The molecular weight excluding hydrogens is 489 g/mol. The fraction of sp³-hybridized carbons (Fsp3) is 0.333. The molecule has 1 aliphatic rings. The Kier molecular flexibility index (Phi) is 7.36. The Bertz CT molecular complexity index is 1480. The van der Waals surface area contributed by atoms with Gasteiger partial charge in [0.05, 0.1) is 24.2 Å². The number of aliphatic hydroxyl groups is 1. The lowest BCUT2D eigenvalue weighted by atomic mass is 10.0. The maximum Gasteiger partial charge on any atom is 0.331 e. The molecule has 4 aromatic rings. The largest absolute Gasteiger partial charge is 0.395 e. The second-order valence-electron chi connectivity index (χ2n) is 9.32. The van der Waals surface area contributed by atoms with E-state index < -0.39 is 11.6 Å². The molecule has 2 N–H and O–H groups in total. The van der Waals surface area contributed by atoms with Crippen molar-refractivity contribution in [3.05, 3.63) is 82.5 Å². The van der Waals surface area contributed by atoms with Crippen molar-refractivity contribution in [3.8, 4) is 0 Å². The number of anilines is 2. The number of fused-ring (bicyclic) bond motifs is 1. The molecule has 0 atom stereocenters. The first-order valence-electron chi connectivity index (χ1n) is 12.6. The van der Waals surface area contributed by atoms with Gasteiger partial charge in [-0.05, 0) is 42.7 Å². The Morgan fingerprint density at radius 3 is 2.61 bits per heavy atom. The molecule has 1 aliphatic heterocycles. The average Bonchev–Trinajstić information content (AvgIpc) is 3.30. The Morgan fingerprint density at radius 2 is 1.87 bits per heavy atom. The Labute approximate surface area is 219 Å². The van der Waals surface area contributed by atoms with Crippen molar-refractivity contribution in [1.29, 1.82) is 0 Å². The van der Waals surface area contributed by atoms with Gasteiger partial charge < -0.3 is 24.8 Å². The fourth-order valence-corrected chi connectivity index (χ4v) is 4.93. The molecule has 198 valence electrons. The van der Waals surface area contributed by atoms with Gasteiger partial charge in [0.25, 0.3) is 5.56 Å². The molecule has 38 heavy (non-hydrogen) atoms. The van der Waals surface area contributed by atoms with Gasteiger partial charge in [0.15, 0.2) is 0 Å². The number of carbonyl (C=O) groups is 1. The van der Waals surface area contributed by atoms with Crippen molar-refractivity contribution >= 4 is 29.0 Å². The van der Waals surface area contributed by atoms with Crippen LogP contribution < -0.4 is 20.7 Å². The van der Waals surface area contributed by atoms with Gasteiger partial charge in [-0.2, -0.15) is 4.57 Å². The number of aromatic nitrogens is 4. The summed E-state index contributed by atoms with van der Waals surface area (Å²) in [6.07, 6.45) is 2.93. The molecule has 1 saturated heterocycles. The Hall–Kier alpha value is -4.25. The number of nitrogens with zero attached hydrogens (tertiary/aromatic N) is 6. The molecular formula is C27H30FN7O3. The molecule has 0 unspecified atom stereocenters. The minimum Gasteiger partial charge on any atom is -0.395 e. The number of hydrogen-bond donors (Lipinski definition) is 2. The van der Waals surface area contributed by atoms with Crippen molar-refractivity contribution in [1.82, 2.24) is 24.4 Å². The summed E-state index contributed by atoms with van der Waals surface area (Å²) in [6.45, 7) is 1.82. The predicted molar refractivity (Wildman–Crippen MR) is 143 cm³/mol. The summed E-state index contributed by atoms with van der Waals surface area (Å²) in [6, 6.07) is 15.2. The molecule has 11 heteroatoms. The minimum atomic E-state index is -0.619. The number of halogens is 1. The van der Waals surface area contributed by atoms with E-state index >= 15 is 0 Å². The third kappa shape index (κ3) is 5.10. The van der Waals surface area contributed by atoms with Crippen molar-refractivity contribution in [2.75, 3.05) is 43.1 Å². The molecule has 0 aliphatic carbocycles. The van der Waals surface area contributed by atoms with Gasteiger partial charge in [-0.15, -0.1) is 0 Å². The molecule has 2 aromatic carbocycles. The van der Waals surface area contributed by atoms with Crippen LogP contribution in [-0.2, 0) is 6.54 Å². The molecule has 0 saturated carbocycles. The zero-order valence-electron chi connectivity index (χ0n) is 21.1. The number of benzene rings is 2. The molecule has 5 rings (SSSR count). The summed E-state index contributed by atoms with van der Waals surface area (Å²) in [5.74, 6) is 0.851. The molecule has 0 bridgehead atoms. The molecule has 0 spiro atoms. The zero-order chi connectivity index (χ0) is 26.6. The van der Waals surface area contributed by atoms with Gasteiger partial charge in [-0.3, -0.25) is 4.79 Å². The van der Waals surface area contributed by atoms with E-state index in [0.717, 1.165) is 53.0 Å². The van der Waals surface area contributed by atoms with Crippen LogP contribution in [0.4, 0.5) is 21.1 Å². The maximum atomic E-state index is 13.5. The van der Waals surface area contributed by atoms with E-state index in [1.807, 2.05) is 36.2 Å².